The Kier molecular flexibility index (Phi) is 32.6. The Morgan fingerprint density at radius 2 is 0.519 bits per heavy atom. The van der Waals surface area contributed by atoms with Gasteiger partial charge in [-0.15, -0.1) is 0 Å². The molecule has 4 aliphatic rings. The SMILES string of the molecule is C.CC(=O)N1CC(C(C)NC(=O)c2ccc3c(Oc4ccc(C(F)(F)F)cc4)cccc3c2)C1.CC(=O)N1CC([C@@H](C)NC(=O)c2ccc3c(Oc4ccc(C(F)(F)F)cc4)cccc3c2)C1.CC(=O)N1CC([C@H](C)NC(=O)c2ccc3c(Oc4ccc(C(F)(F)F)cc4)cccc3c2)C1.CC(NC(=O)c1ccc2c(Oc3ccc(C(F)(F)F)cc3)cccc2c1)C1CNC1.CSF. The third-order valence-electron chi connectivity index (χ3n) is 23.2. The Balaban J connectivity index is 0.000000169. The molecule has 12 aromatic rings. The van der Waals surface area contributed by atoms with Gasteiger partial charge in [-0.3, -0.25) is 33.6 Å². The molecule has 0 spiro atoms. The summed E-state index contributed by atoms with van der Waals surface area (Å²) >= 11 is 0.250. The predicted molar refractivity (Wildman–Crippen MR) is 485 cm³/mol. The summed E-state index contributed by atoms with van der Waals surface area (Å²) in [6.45, 7) is 18.0. The van der Waals surface area contributed by atoms with Crippen LogP contribution in [-0.4, -0.2) is 139 Å². The van der Waals surface area contributed by atoms with Crippen LogP contribution in [0.3, 0.4) is 0 Å². The summed E-state index contributed by atoms with van der Waals surface area (Å²) < 4.78 is 186. The Morgan fingerprint density at radius 3 is 0.692 bits per heavy atom. The highest BCUT2D eigenvalue weighted by Crippen LogP contribution is 2.41. The van der Waals surface area contributed by atoms with Crippen LogP contribution in [0, 0.1) is 23.7 Å². The lowest BCUT2D eigenvalue weighted by Crippen LogP contribution is -2.56. The number of benzene rings is 12. The molecule has 5 N–H and O–H groups in total. The molecule has 0 aliphatic carbocycles. The zero-order valence-electron chi connectivity index (χ0n) is 72.5. The molecule has 4 heterocycles. The molecule has 33 heteroatoms. The van der Waals surface area contributed by atoms with Gasteiger partial charge >= 0.3 is 24.7 Å². The minimum atomic E-state index is -4.40. The van der Waals surface area contributed by atoms with Gasteiger partial charge in [0, 0.05) is 183 Å². The van der Waals surface area contributed by atoms with Gasteiger partial charge in [0.1, 0.15) is 46.0 Å². The molecular weight excluding hydrogens is 1770 g/mol. The molecule has 4 fully saturated rings. The Bertz CT molecular complexity index is 5680. The Hall–Kier alpha value is -13.4. The fourth-order valence-electron chi connectivity index (χ4n) is 14.8. The smallest absolute Gasteiger partial charge is 0.416 e. The van der Waals surface area contributed by atoms with Crippen molar-refractivity contribution in [2.24, 2.45) is 23.7 Å². The van der Waals surface area contributed by atoms with E-state index in [0.717, 1.165) is 105 Å². The van der Waals surface area contributed by atoms with Gasteiger partial charge in [0.05, 0.1) is 22.3 Å². The van der Waals surface area contributed by atoms with E-state index in [-0.39, 0.29) is 120 Å². The number of halogens is 13. The minimum absolute atomic E-state index is 0. The molecule has 0 saturated carbocycles. The molecular formula is C100H97F13N8O11S. The van der Waals surface area contributed by atoms with Crippen LogP contribution in [0.5, 0.6) is 46.0 Å². The van der Waals surface area contributed by atoms with Gasteiger partial charge in [-0.25, -0.2) is 0 Å². The van der Waals surface area contributed by atoms with E-state index in [1.807, 2.05) is 52.0 Å². The van der Waals surface area contributed by atoms with Gasteiger partial charge < -0.3 is 60.2 Å². The second kappa shape index (κ2) is 43.3. The van der Waals surface area contributed by atoms with E-state index < -0.39 is 47.0 Å². The first kappa shape index (κ1) is 100. The highest BCUT2D eigenvalue weighted by molar-refractivity contribution is 7.93. The Morgan fingerprint density at radius 1 is 0.323 bits per heavy atom. The summed E-state index contributed by atoms with van der Waals surface area (Å²) in [5.41, 5.74) is -0.935. The van der Waals surface area contributed by atoms with Crippen molar-refractivity contribution in [3.05, 3.63) is 287 Å². The zero-order valence-corrected chi connectivity index (χ0v) is 73.3. The van der Waals surface area contributed by atoms with Crippen molar-refractivity contribution in [1.82, 2.24) is 41.3 Å². The summed E-state index contributed by atoms with van der Waals surface area (Å²) in [4.78, 5) is 90.0. The number of carbonyl (C=O) groups excluding carboxylic acids is 7. The molecule has 0 aromatic heterocycles. The summed E-state index contributed by atoms with van der Waals surface area (Å²) in [6.07, 6.45) is -16.2. The van der Waals surface area contributed by atoms with E-state index in [4.69, 9.17) is 18.9 Å². The van der Waals surface area contributed by atoms with Gasteiger partial charge in [0.15, 0.2) is 0 Å². The van der Waals surface area contributed by atoms with Crippen LogP contribution in [0.1, 0.15) is 120 Å². The van der Waals surface area contributed by atoms with Crippen LogP contribution in [0.15, 0.2) is 243 Å². The molecule has 4 atom stereocenters. The molecule has 4 aliphatic heterocycles. The van der Waals surface area contributed by atoms with E-state index in [9.17, 15) is 90.1 Å². The van der Waals surface area contributed by atoms with Crippen molar-refractivity contribution in [2.45, 2.75) is 105 Å². The second-order valence-electron chi connectivity index (χ2n) is 32.4. The summed E-state index contributed by atoms with van der Waals surface area (Å²) in [6, 6.07) is 60.2. The maximum absolute atomic E-state index is 12.8. The summed E-state index contributed by atoms with van der Waals surface area (Å²) in [5, 5.41) is 21.3. The molecule has 12 aromatic carbocycles. The van der Waals surface area contributed by atoms with Crippen molar-refractivity contribution >= 4 is 96.6 Å². The monoisotopic (exact) mass is 1860 g/mol. The largest absolute Gasteiger partial charge is 0.457 e. The third-order valence-corrected chi connectivity index (χ3v) is 23.2. The fraction of sp³-hybridized carbons (Fsp3) is 0.290. The van der Waals surface area contributed by atoms with Gasteiger partial charge in [0.2, 0.25) is 17.7 Å². The second-order valence-corrected chi connectivity index (χ2v) is 32.7. The normalized spacial score (nSPS) is 14.9. The molecule has 19 nitrogen and oxygen atoms in total. The highest BCUT2D eigenvalue weighted by atomic mass is 32.2. The zero-order chi connectivity index (χ0) is 95.3. The standard InChI is InChI=1S/3C25H23F3N2O3.C23H21F3N2O2.CH3FS.CH4/c3*1-15(19-13-30(14-19)16(2)31)29-24(32)18-6-11-22-17(12-18)4-3-5-23(22)33-21-9-7-20(8-10-21)25(26,27)28;1-14(17-12-27-13-17)28-22(29)16-5-10-20-15(11-16)3-2-4-21(20)30-19-8-6-18(7-9-19)23(24,25)26;1-3-2;/h3*3-12,15,19H,13-14H2,1-2H3,(H,29,32);2-11,14,17,27H,12-13H2,1H3,(H,28,29);1H3;1H4/t2*15-;;;;/m10..../s1. The lowest BCUT2D eigenvalue weighted by molar-refractivity contribution is -0.138. The maximum atomic E-state index is 12.8. The lowest BCUT2D eigenvalue weighted by atomic mass is 9.92. The number of ether oxygens (including phenoxy) is 4. The third kappa shape index (κ3) is 26.1. The molecule has 0 radical (unpaired) electrons. The van der Waals surface area contributed by atoms with Crippen molar-refractivity contribution < 1.29 is 109 Å². The number of carbonyl (C=O) groups is 7. The molecule has 700 valence electrons. The van der Waals surface area contributed by atoms with Crippen molar-refractivity contribution in [3.63, 3.8) is 0 Å². The van der Waals surface area contributed by atoms with Gasteiger partial charge in [-0.1, -0.05) is 56.0 Å². The first-order valence-electron chi connectivity index (χ1n) is 41.9. The van der Waals surface area contributed by atoms with E-state index >= 15 is 0 Å². The van der Waals surface area contributed by atoms with Crippen LogP contribution in [0.2, 0.25) is 0 Å². The van der Waals surface area contributed by atoms with Crippen molar-refractivity contribution in [3.8, 4) is 46.0 Å². The maximum Gasteiger partial charge on any atom is 0.416 e. The predicted octanol–water partition coefficient (Wildman–Crippen LogP) is 22.6. The lowest BCUT2D eigenvalue weighted by Gasteiger charge is -2.42. The molecule has 133 heavy (non-hydrogen) atoms. The van der Waals surface area contributed by atoms with Crippen LogP contribution < -0.4 is 45.5 Å². The van der Waals surface area contributed by atoms with E-state index in [2.05, 4.69) is 26.6 Å². The van der Waals surface area contributed by atoms with E-state index in [0.29, 0.717) is 96.2 Å². The topological polar surface area (TPSA) is 226 Å². The number of likely N-dealkylation sites (tertiary alicyclic amines) is 3. The molecule has 2 unspecified atom stereocenters. The number of hydrogen-bond acceptors (Lipinski definition) is 13. The summed E-state index contributed by atoms with van der Waals surface area (Å²) in [7, 11) is 0. The number of alkyl halides is 12. The van der Waals surface area contributed by atoms with Crippen molar-refractivity contribution in [2.75, 3.05) is 58.6 Å². The Labute approximate surface area is 763 Å². The average molecular weight is 1870 g/mol. The van der Waals surface area contributed by atoms with Crippen LogP contribution in [-0.2, 0) is 39.1 Å². The van der Waals surface area contributed by atoms with Crippen LogP contribution >= 0.6 is 12.1 Å². The number of fused-ring (bicyclic) bond motifs is 4. The first-order valence-corrected chi connectivity index (χ1v) is 43.1. The minimum Gasteiger partial charge on any atom is -0.457 e. The van der Waals surface area contributed by atoms with Gasteiger partial charge in [-0.2, -0.15) is 56.6 Å². The van der Waals surface area contributed by atoms with Crippen LogP contribution in [0.4, 0.5) is 56.6 Å². The fourth-order valence-corrected chi connectivity index (χ4v) is 14.8. The number of nitrogens with zero attached hydrogens (tertiary/aromatic N) is 3. The highest BCUT2D eigenvalue weighted by Gasteiger charge is 2.39. The first-order chi connectivity index (χ1) is 62.6. The van der Waals surface area contributed by atoms with E-state index in [1.54, 1.807) is 136 Å². The number of nitrogens with one attached hydrogen (secondary N) is 5. The number of hydrogen-bond donors (Lipinski definition) is 5. The quantitative estimate of drug-likeness (QED) is 0.0448. The van der Waals surface area contributed by atoms with Crippen LogP contribution in [0.25, 0.3) is 43.1 Å². The van der Waals surface area contributed by atoms with E-state index in [1.165, 1.54) is 75.6 Å². The van der Waals surface area contributed by atoms with Gasteiger partial charge in [0.25, 0.3) is 23.6 Å². The molecule has 0 bridgehead atoms. The van der Waals surface area contributed by atoms with Crippen molar-refractivity contribution in [1.29, 1.82) is 0 Å². The summed E-state index contributed by atoms with van der Waals surface area (Å²) in [5.74, 6) is 3.56. The molecule has 7 amide bonds. The number of amides is 7. The molecule has 4 saturated heterocycles. The van der Waals surface area contributed by atoms with Gasteiger partial charge in [-0.05, 0) is 243 Å². The average Bonchev–Trinajstić information content (AvgIpc) is 0.808. The molecule has 16 rings (SSSR count). The number of rotatable bonds is 20.